The van der Waals surface area contributed by atoms with Crippen molar-refractivity contribution in [3.8, 4) is 0 Å². The third-order valence-electron chi connectivity index (χ3n) is 1.79. The Morgan fingerprint density at radius 2 is 2.07 bits per heavy atom. The van der Waals surface area contributed by atoms with Gasteiger partial charge in [0.15, 0.2) is 0 Å². The van der Waals surface area contributed by atoms with Gasteiger partial charge in [0.2, 0.25) is 0 Å². The fourth-order valence-electron chi connectivity index (χ4n) is 1.13. The number of hydrogen-bond donors (Lipinski definition) is 2. The first kappa shape index (κ1) is 13.4. The van der Waals surface area contributed by atoms with Crippen LogP contribution < -0.4 is 0 Å². The molecule has 2 N–H and O–H groups in total. The van der Waals surface area contributed by atoms with Crippen molar-refractivity contribution in [3.05, 3.63) is 30.1 Å². The summed E-state index contributed by atoms with van der Waals surface area (Å²) in [5.41, 5.74) is 1.36. The van der Waals surface area contributed by atoms with E-state index in [9.17, 15) is 0 Å². The number of nitrogens with zero attached hydrogens (tertiary/aromatic N) is 1. The third kappa shape index (κ3) is 10.3. The summed E-state index contributed by atoms with van der Waals surface area (Å²) in [6.07, 6.45) is 7.04. The average molecular weight is 211 g/mol. The molecule has 1 aromatic rings. The number of aryl methyl sites for hydroxylation is 1. The standard InChI is InChI=1S/C10H15N.CH2O3/c1-2-3-4-6-10-7-5-8-11-9-10;2-1(3)4/h5,7-9H,2-4,6H2,1H3;(H2,2,3,4). The van der Waals surface area contributed by atoms with Crippen molar-refractivity contribution in [3.63, 3.8) is 0 Å². The van der Waals surface area contributed by atoms with Gasteiger partial charge in [0.25, 0.3) is 0 Å². The molecule has 4 heteroatoms. The van der Waals surface area contributed by atoms with E-state index < -0.39 is 6.16 Å². The first-order valence-electron chi connectivity index (χ1n) is 4.97. The molecule has 0 saturated carbocycles. The van der Waals surface area contributed by atoms with E-state index in [4.69, 9.17) is 15.0 Å². The molecule has 0 saturated heterocycles. The molecule has 0 radical (unpaired) electrons. The molecule has 0 unspecified atom stereocenters. The first-order valence-corrected chi connectivity index (χ1v) is 4.97. The quantitative estimate of drug-likeness (QED) is 0.751. The highest BCUT2D eigenvalue weighted by atomic mass is 16.6. The first-order chi connectivity index (χ1) is 7.16. The van der Waals surface area contributed by atoms with Crippen molar-refractivity contribution in [2.75, 3.05) is 0 Å². The summed E-state index contributed by atoms with van der Waals surface area (Å²) in [6, 6.07) is 4.14. The smallest absolute Gasteiger partial charge is 0.450 e. The molecule has 0 spiro atoms. The van der Waals surface area contributed by atoms with Crippen LogP contribution in [-0.4, -0.2) is 21.4 Å². The Bertz CT molecular complexity index is 258. The summed E-state index contributed by atoms with van der Waals surface area (Å²) in [4.78, 5) is 12.6. The zero-order valence-corrected chi connectivity index (χ0v) is 8.89. The number of pyridine rings is 1. The maximum atomic E-state index is 8.56. The Labute approximate surface area is 89.6 Å². The second-order valence-corrected chi connectivity index (χ2v) is 3.10. The monoisotopic (exact) mass is 211 g/mol. The molecule has 0 aliphatic heterocycles. The van der Waals surface area contributed by atoms with E-state index in [2.05, 4.69) is 18.0 Å². The molecular formula is C11H17NO3. The van der Waals surface area contributed by atoms with Crippen molar-refractivity contribution < 1.29 is 15.0 Å². The van der Waals surface area contributed by atoms with Gasteiger partial charge in [0.05, 0.1) is 0 Å². The van der Waals surface area contributed by atoms with Gasteiger partial charge >= 0.3 is 6.16 Å². The molecule has 1 aromatic heterocycles. The van der Waals surface area contributed by atoms with Crippen LogP contribution in [0.3, 0.4) is 0 Å². The van der Waals surface area contributed by atoms with Crippen LogP contribution in [0.25, 0.3) is 0 Å². The van der Waals surface area contributed by atoms with Crippen molar-refractivity contribution in [1.82, 2.24) is 4.98 Å². The van der Waals surface area contributed by atoms with Crippen molar-refractivity contribution in [2.45, 2.75) is 32.6 Å². The number of aromatic nitrogens is 1. The lowest BCUT2D eigenvalue weighted by atomic mass is 10.1. The summed E-state index contributed by atoms with van der Waals surface area (Å²) < 4.78 is 0. The third-order valence-corrected chi connectivity index (χ3v) is 1.79. The number of unbranched alkanes of at least 4 members (excludes halogenated alkanes) is 2. The van der Waals surface area contributed by atoms with Crippen LogP contribution in [0.5, 0.6) is 0 Å². The largest absolute Gasteiger partial charge is 0.503 e. The van der Waals surface area contributed by atoms with E-state index in [-0.39, 0.29) is 0 Å². The maximum absolute atomic E-state index is 8.56. The Morgan fingerprint density at radius 1 is 1.40 bits per heavy atom. The van der Waals surface area contributed by atoms with Crippen molar-refractivity contribution in [1.29, 1.82) is 0 Å². The van der Waals surface area contributed by atoms with Crippen LogP contribution in [0, 0.1) is 0 Å². The van der Waals surface area contributed by atoms with E-state index in [1.165, 1.54) is 31.2 Å². The molecule has 0 aromatic carbocycles. The zero-order chi connectivity index (χ0) is 11.5. The van der Waals surface area contributed by atoms with Gasteiger partial charge in [-0.3, -0.25) is 4.98 Å². The van der Waals surface area contributed by atoms with Crippen LogP contribution in [0.15, 0.2) is 24.5 Å². The molecule has 15 heavy (non-hydrogen) atoms. The summed E-state index contributed by atoms with van der Waals surface area (Å²) in [5, 5.41) is 13.9. The minimum absolute atomic E-state index is 1.18. The predicted octanol–water partition coefficient (Wildman–Crippen LogP) is 3.04. The van der Waals surface area contributed by atoms with Crippen LogP contribution in [0.4, 0.5) is 4.79 Å². The van der Waals surface area contributed by atoms with Crippen molar-refractivity contribution >= 4 is 6.16 Å². The molecule has 1 heterocycles. The summed E-state index contributed by atoms with van der Waals surface area (Å²) in [6.45, 7) is 2.23. The van der Waals surface area contributed by atoms with E-state index in [1.807, 2.05) is 18.5 Å². The predicted molar refractivity (Wildman–Crippen MR) is 58.1 cm³/mol. The van der Waals surface area contributed by atoms with Crippen molar-refractivity contribution in [2.24, 2.45) is 0 Å². The molecule has 84 valence electrons. The highest BCUT2D eigenvalue weighted by molar-refractivity contribution is 5.53. The highest BCUT2D eigenvalue weighted by Gasteiger charge is 1.90. The van der Waals surface area contributed by atoms with Crippen LogP contribution in [-0.2, 0) is 6.42 Å². The maximum Gasteiger partial charge on any atom is 0.503 e. The van der Waals surface area contributed by atoms with Gasteiger partial charge in [-0.2, -0.15) is 0 Å². The Hall–Kier alpha value is -1.58. The molecule has 1 rings (SSSR count). The number of carboxylic acid groups (broad SMARTS) is 2. The molecule has 0 bridgehead atoms. The molecule has 0 aliphatic rings. The van der Waals surface area contributed by atoms with E-state index in [0.29, 0.717) is 0 Å². The molecule has 0 atom stereocenters. The molecule has 0 amide bonds. The van der Waals surface area contributed by atoms with Crippen LogP contribution in [0.1, 0.15) is 31.7 Å². The number of carbonyl (C=O) groups is 1. The van der Waals surface area contributed by atoms with Gasteiger partial charge in [-0.05, 0) is 24.5 Å². The normalized spacial score (nSPS) is 8.87. The van der Waals surface area contributed by atoms with Crippen LogP contribution in [0.2, 0.25) is 0 Å². The average Bonchev–Trinajstić information content (AvgIpc) is 2.19. The summed E-state index contributed by atoms with van der Waals surface area (Å²) in [7, 11) is 0. The van der Waals surface area contributed by atoms with E-state index in [0.717, 1.165) is 0 Å². The number of hydrogen-bond acceptors (Lipinski definition) is 2. The van der Waals surface area contributed by atoms with Gasteiger partial charge in [-0.1, -0.05) is 25.8 Å². The fourth-order valence-corrected chi connectivity index (χ4v) is 1.13. The summed E-state index contributed by atoms with van der Waals surface area (Å²) >= 11 is 0. The van der Waals surface area contributed by atoms with E-state index in [1.54, 1.807) is 0 Å². The Kier molecular flexibility index (Phi) is 8.05. The minimum Gasteiger partial charge on any atom is -0.450 e. The van der Waals surface area contributed by atoms with Gasteiger partial charge in [-0.25, -0.2) is 4.79 Å². The minimum atomic E-state index is -1.83. The van der Waals surface area contributed by atoms with Gasteiger partial charge in [0.1, 0.15) is 0 Å². The van der Waals surface area contributed by atoms with Gasteiger partial charge in [-0.15, -0.1) is 0 Å². The second kappa shape index (κ2) is 8.99. The van der Waals surface area contributed by atoms with Gasteiger partial charge in [0, 0.05) is 12.4 Å². The molecule has 4 nitrogen and oxygen atoms in total. The van der Waals surface area contributed by atoms with Gasteiger partial charge < -0.3 is 10.2 Å². The Morgan fingerprint density at radius 3 is 2.53 bits per heavy atom. The zero-order valence-electron chi connectivity index (χ0n) is 8.89. The van der Waals surface area contributed by atoms with E-state index >= 15 is 0 Å². The highest BCUT2D eigenvalue weighted by Crippen LogP contribution is 2.03. The lowest BCUT2D eigenvalue weighted by Gasteiger charge is -1.97. The molecule has 0 aliphatic carbocycles. The lowest BCUT2D eigenvalue weighted by molar-refractivity contribution is 0.137. The summed E-state index contributed by atoms with van der Waals surface area (Å²) in [5.74, 6) is 0. The molecule has 0 fully saturated rings. The fraction of sp³-hybridized carbons (Fsp3) is 0.455. The lowest BCUT2D eigenvalue weighted by Crippen LogP contribution is -1.85. The Balaban J connectivity index is 0.000000423. The van der Waals surface area contributed by atoms with Crippen LogP contribution >= 0.6 is 0 Å². The second-order valence-electron chi connectivity index (χ2n) is 3.10. The topological polar surface area (TPSA) is 70.4 Å². The SMILES string of the molecule is CCCCCc1cccnc1.O=C(O)O. The molecular weight excluding hydrogens is 194 g/mol. The number of rotatable bonds is 4.